The van der Waals surface area contributed by atoms with Gasteiger partial charge in [0.2, 0.25) is 23.3 Å². The third kappa shape index (κ3) is 10.5. The predicted molar refractivity (Wildman–Crippen MR) is 163 cm³/mol. The summed E-state index contributed by atoms with van der Waals surface area (Å²) in [7, 11) is 13.3. The molecule has 2 aromatic rings. The molecule has 2 aromatic carbocycles. The van der Waals surface area contributed by atoms with Gasteiger partial charge < -0.3 is 48.9 Å². The molecule has 12 heteroatoms. The molecule has 0 bridgehead atoms. The molecule has 0 fully saturated rings. The number of likely N-dealkylation sites (N-methyl/N-ethyl adjacent to an activating group) is 2. The van der Waals surface area contributed by atoms with E-state index >= 15 is 0 Å². The van der Waals surface area contributed by atoms with E-state index in [9.17, 15) is 9.59 Å². The van der Waals surface area contributed by atoms with Crippen molar-refractivity contribution >= 4 is 23.2 Å². The Morgan fingerprint density at radius 3 is 1.12 bits per heavy atom. The summed E-state index contributed by atoms with van der Waals surface area (Å²) < 4.78 is 32.0. The van der Waals surface area contributed by atoms with Crippen LogP contribution in [0, 0.1) is 0 Å². The maximum Gasteiger partial charge on any atom is 0.224 e. The second kappa shape index (κ2) is 17.8. The lowest BCUT2D eigenvalue weighted by atomic mass is 10.2. The Bertz CT molecular complexity index is 1020. The minimum absolute atomic E-state index is 0.0837. The summed E-state index contributed by atoms with van der Waals surface area (Å²) in [6.45, 7) is 3.27. The first kappa shape index (κ1) is 34.3. The number of benzene rings is 2. The van der Waals surface area contributed by atoms with Crippen molar-refractivity contribution in [2.75, 3.05) is 93.6 Å². The number of ether oxygens (including phenoxy) is 6. The molecule has 0 aliphatic rings. The normalized spacial score (nSPS) is 10.8. The molecular weight excluding hydrogens is 544 g/mol. The van der Waals surface area contributed by atoms with Gasteiger partial charge in [0.25, 0.3) is 0 Å². The van der Waals surface area contributed by atoms with E-state index < -0.39 is 0 Å². The summed E-state index contributed by atoms with van der Waals surface area (Å²) in [4.78, 5) is 29.4. The smallest absolute Gasteiger partial charge is 0.224 e. The Hall–Kier alpha value is -3.90. The van der Waals surface area contributed by atoms with Crippen LogP contribution in [0.2, 0.25) is 0 Å². The number of nitrogens with zero attached hydrogens (tertiary/aromatic N) is 2. The first-order chi connectivity index (χ1) is 20.2. The summed E-state index contributed by atoms with van der Waals surface area (Å²) >= 11 is 0. The van der Waals surface area contributed by atoms with Gasteiger partial charge in [-0.05, 0) is 40.0 Å². The van der Waals surface area contributed by atoms with Gasteiger partial charge in [0, 0.05) is 61.6 Å². The van der Waals surface area contributed by atoms with E-state index in [1.54, 1.807) is 24.3 Å². The minimum atomic E-state index is -0.0837. The molecule has 2 rings (SSSR count). The number of hydrogen-bond acceptors (Lipinski definition) is 10. The molecule has 0 saturated heterocycles. The third-order valence-electron chi connectivity index (χ3n) is 6.65. The molecule has 0 aliphatic heterocycles. The van der Waals surface area contributed by atoms with E-state index in [1.807, 2.05) is 14.1 Å². The van der Waals surface area contributed by atoms with Gasteiger partial charge >= 0.3 is 0 Å². The van der Waals surface area contributed by atoms with Crippen LogP contribution in [-0.2, 0) is 9.59 Å². The zero-order chi connectivity index (χ0) is 31.1. The molecule has 234 valence electrons. The van der Waals surface area contributed by atoms with Gasteiger partial charge in [-0.1, -0.05) is 0 Å². The van der Waals surface area contributed by atoms with Crippen molar-refractivity contribution in [1.29, 1.82) is 0 Å². The highest BCUT2D eigenvalue weighted by atomic mass is 16.5. The maximum absolute atomic E-state index is 12.5. The van der Waals surface area contributed by atoms with E-state index in [0.29, 0.717) is 58.7 Å². The van der Waals surface area contributed by atoms with Gasteiger partial charge in [-0.3, -0.25) is 9.59 Å². The van der Waals surface area contributed by atoms with Crippen molar-refractivity contribution < 1.29 is 38.0 Å². The predicted octanol–water partition coefficient (Wildman–Crippen LogP) is 3.74. The number of anilines is 2. The topological polar surface area (TPSA) is 120 Å². The van der Waals surface area contributed by atoms with E-state index in [4.69, 9.17) is 28.4 Å². The Morgan fingerprint density at radius 2 is 0.857 bits per heavy atom. The van der Waals surface area contributed by atoms with Crippen LogP contribution in [0.15, 0.2) is 24.3 Å². The van der Waals surface area contributed by atoms with Gasteiger partial charge in [0.1, 0.15) is 0 Å². The molecule has 0 saturated carbocycles. The number of rotatable bonds is 19. The lowest BCUT2D eigenvalue weighted by Gasteiger charge is -2.22. The summed E-state index contributed by atoms with van der Waals surface area (Å²) in [5.74, 6) is 2.71. The zero-order valence-corrected chi connectivity index (χ0v) is 26.1. The quantitative estimate of drug-likeness (QED) is 0.250. The van der Waals surface area contributed by atoms with E-state index in [0.717, 1.165) is 39.0 Å². The van der Waals surface area contributed by atoms with E-state index in [1.165, 1.54) is 42.7 Å². The molecule has 2 amide bonds. The minimum Gasteiger partial charge on any atom is -0.493 e. The van der Waals surface area contributed by atoms with Gasteiger partial charge in [0.05, 0.1) is 42.7 Å². The number of nitrogens with one attached hydrogen (secondary N) is 2. The molecule has 12 nitrogen and oxygen atoms in total. The summed E-state index contributed by atoms with van der Waals surface area (Å²) in [5.41, 5.74) is 1.17. The van der Waals surface area contributed by atoms with Crippen LogP contribution < -0.4 is 39.1 Å². The second-order valence-corrected chi connectivity index (χ2v) is 9.74. The Balaban J connectivity index is 1.68. The molecule has 2 N–H and O–H groups in total. The average molecular weight is 591 g/mol. The second-order valence-electron chi connectivity index (χ2n) is 9.74. The highest BCUT2D eigenvalue weighted by Crippen LogP contribution is 2.41. The van der Waals surface area contributed by atoms with E-state index in [2.05, 4.69) is 20.4 Å². The van der Waals surface area contributed by atoms with Crippen LogP contribution in [0.25, 0.3) is 0 Å². The largest absolute Gasteiger partial charge is 0.493 e. The van der Waals surface area contributed by atoms with Gasteiger partial charge in [-0.15, -0.1) is 0 Å². The number of carbonyl (C=O) groups excluding carboxylic acids is 2. The molecule has 0 radical (unpaired) electrons. The molecule has 0 aliphatic carbocycles. The van der Waals surface area contributed by atoms with Crippen LogP contribution in [-0.4, -0.2) is 105 Å². The first-order valence-electron chi connectivity index (χ1n) is 13.8. The Labute approximate surface area is 249 Å². The van der Waals surface area contributed by atoms with Crippen molar-refractivity contribution in [2.24, 2.45) is 0 Å². The molecular formula is C30H46N4O8. The van der Waals surface area contributed by atoms with Crippen molar-refractivity contribution in [1.82, 2.24) is 9.80 Å². The van der Waals surface area contributed by atoms with Crippen LogP contribution in [0.1, 0.15) is 25.7 Å². The summed E-state index contributed by atoms with van der Waals surface area (Å²) in [6.07, 6.45) is 2.21. The number of hydrogen-bond donors (Lipinski definition) is 2. The number of carbonyl (C=O) groups is 2. The van der Waals surface area contributed by atoms with Crippen LogP contribution >= 0.6 is 0 Å². The van der Waals surface area contributed by atoms with Crippen LogP contribution in [0.5, 0.6) is 34.5 Å². The van der Waals surface area contributed by atoms with E-state index in [-0.39, 0.29) is 11.8 Å². The zero-order valence-electron chi connectivity index (χ0n) is 26.1. The highest BCUT2D eigenvalue weighted by molar-refractivity contribution is 5.92. The molecule has 0 atom stereocenters. The highest BCUT2D eigenvalue weighted by Gasteiger charge is 2.16. The van der Waals surface area contributed by atoms with Crippen molar-refractivity contribution in [3.05, 3.63) is 24.3 Å². The fourth-order valence-electron chi connectivity index (χ4n) is 4.34. The average Bonchev–Trinajstić information content (AvgIpc) is 2.98. The monoisotopic (exact) mass is 590 g/mol. The van der Waals surface area contributed by atoms with Crippen molar-refractivity contribution in [3.63, 3.8) is 0 Å². The SMILES string of the molecule is COc1cc(NC(=O)CCCN(C)CCN(C)CCCC(=O)Nc2cc(OC)c(OC)c(OC)c2)cc(OC)c1OC. The third-order valence-corrected chi connectivity index (χ3v) is 6.65. The number of methoxy groups -OCH3 is 6. The van der Waals surface area contributed by atoms with Gasteiger partial charge in [-0.25, -0.2) is 0 Å². The lowest BCUT2D eigenvalue weighted by molar-refractivity contribution is -0.117. The van der Waals surface area contributed by atoms with Crippen molar-refractivity contribution in [3.8, 4) is 34.5 Å². The molecule has 0 aromatic heterocycles. The lowest BCUT2D eigenvalue weighted by Crippen LogP contribution is -2.32. The summed E-state index contributed by atoms with van der Waals surface area (Å²) in [6, 6.07) is 6.83. The Morgan fingerprint density at radius 1 is 0.548 bits per heavy atom. The molecule has 0 heterocycles. The molecule has 0 unspecified atom stereocenters. The van der Waals surface area contributed by atoms with Crippen molar-refractivity contribution in [2.45, 2.75) is 25.7 Å². The fraction of sp³-hybridized carbons (Fsp3) is 0.533. The van der Waals surface area contributed by atoms with Crippen LogP contribution in [0.3, 0.4) is 0 Å². The Kier molecular flexibility index (Phi) is 14.5. The first-order valence-corrected chi connectivity index (χ1v) is 13.8. The van der Waals surface area contributed by atoms with Crippen LogP contribution in [0.4, 0.5) is 11.4 Å². The summed E-state index contributed by atoms with van der Waals surface area (Å²) in [5, 5.41) is 5.80. The fourth-order valence-corrected chi connectivity index (χ4v) is 4.34. The standard InChI is InChI=1S/C30H46N4O8/c1-33(13-9-11-27(35)31-21-17-23(37-3)29(41-7)24(18-21)38-4)15-16-34(2)14-10-12-28(36)32-22-19-25(39-5)30(42-8)26(20-22)40-6/h17-20H,9-16H2,1-8H3,(H,31,35)(H,32,36). The molecule has 42 heavy (non-hydrogen) atoms. The van der Waals surface area contributed by atoms with Gasteiger partial charge in [-0.2, -0.15) is 0 Å². The maximum atomic E-state index is 12.5. The number of amides is 2. The van der Waals surface area contributed by atoms with Gasteiger partial charge in [0.15, 0.2) is 23.0 Å². The molecule has 0 spiro atoms.